The summed E-state index contributed by atoms with van der Waals surface area (Å²) in [4.78, 5) is 12.5. The molecule has 0 bridgehead atoms. The van der Waals surface area contributed by atoms with Gasteiger partial charge in [-0.15, -0.1) is 0 Å². The first-order valence-corrected chi connectivity index (χ1v) is 9.34. The molecule has 0 fully saturated rings. The molecule has 0 aromatic heterocycles. The van der Waals surface area contributed by atoms with Gasteiger partial charge in [-0.2, -0.15) is 0 Å². The van der Waals surface area contributed by atoms with E-state index < -0.39 is 0 Å². The molecule has 2 aromatic rings. The fourth-order valence-corrected chi connectivity index (χ4v) is 3.54. The maximum Gasteiger partial charge on any atom is 0.225 e. The molecule has 1 aliphatic rings. The van der Waals surface area contributed by atoms with E-state index in [-0.39, 0.29) is 11.8 Å². The Bertz CT molecular complexity index is 862. The number of para-hydroxylation sites is 1. The molecule has 6 heteroatoms. The predicted octanol–water partition coefficient (Wildman–Crippen LogP) is 4.22. The number of methoxy groups -OCH3 is 3. The highest BCUT2D eigenvalue weighted by atomic mass is 16.5. The number of hydrogen-bond acceptors (Lipinski definition) is 5. The fraction of sp³-hybridized carbons (Fsp3) is 0.409. The molecule has 2 aromatic carbocycles. The molecule has 150 valence electrons. The normalized spacial score (nSPS) is 15.6. The number of hydrogen-bond donors (Lipinski definition) is 1. The van der Waals surface area contributed by atoms with Crippen LogP contribution in [0.25, 0.3) is 0 Å². The molecule has 1 N–H and O–H groups in total. The van der Waals surface area contributed by atoms with Crippen molar-refractivity contribution in [1.29, 1.82) is 0 Å². The average molecular weight is 385 g/mol. The lowest BCUT2D eigenvalue weighted by Crippen LogP contribution is -2.25. The van der Waals surface area contributed by atoms with Crippen LogP contribution in [0.1, 0.15) is 37.3 Å². The predicted molar refractivity (Wildman–Crippen MR) is 108 cm³/mol. The van der Waals surface area contributed by atoms with Crippen LogP contribution in [0.3, 0.4) is 0 Å². The van der Waals surface area contributed by atoms with Gasteiger partial charge in [-0.25, -0.2) is 0 Å². The van der Waals surface area contributed by atoms with Gasteiger partial charge in [-0.1, -0.05) is 32.0 Å². The molecule has 1 unspecified atom stereocenters. The van der Waals surface area contributed by atoms with Gasteiger partial charge in [0.05, 0.1) is 33.6 Å². The minimum atomic E-state index is -0.220. The van der Waals surface area contributed by atoms with Crippen molar-refractivity contribution in [2.24, 2.45) is 5.92 Å². The maximum atomic E-state index is 12.5. The van der Waals surface area contributed by atoms with E-state index in [2.05, 4.69) is 19.2 Å². The molecule has 3 rings (SSSR count). The zero-order chi connectivity index (χ0) is 20.3. The van der Waals surface area contributed by atoms with E-state index in [1.165, 1.54) is 0 Å². The summed E-state index contributed by atoms with van der Waals surface area (Å²) in [5, 5.41) is 2.93. The maximum absolute atomic E-state index is 12.5. The monoisotopic (exact) mass is 385 g/mol. The van der Waals surface area contributed by atoms with Crippen molar-refractivity contribution in [2.45, 2.75) is 26.2 Å². The van der Waals surface area contributed by atoms with Gasteiger partial charge in [0.1, 0.15) is 5.75 Å². The topological polar surface area (TPSA) is 66.0 Å². The van der Waals surface area contributed by atoms with Crippen molar-refractivity contribution in [3.8, 4) is 23.0 Å². The van der Waals surface area contributed by atoms with Gasteiger partial charge in [0.2, 0.25) is 11.7 Å². The van der Waals surface area contributed by atoms with Gasteiger partial charge in [0.25, 0.3) is 0 Å². The molecule has 0 saturated heterocycles. The second-order valence-electron chi connectivity index (χ2n) is 7.15. The number of fused-ring (bicyclic) bond motifs is 1. The van der Waals surface area contributed by atoms with E-state index in [4.69, 9.17) is 18.9 Å². The molecule has 0 saturated carbocycles. The average Bonchev–Trinajstić information content (AvgIpc) is 2.70. The van der Waals surface area contributed by atoms with Crippen LogP contribution in [-0.4, -0.2) is 33.8 Å². The van der Waals surface area contributed by atoms with Crippen molar-refractivity contribution in [1.82, 2.24) is 0 Å². The summed E-state index contributed by atoms with van der Waals surface area (Å²) in [5.74, 6) is 2.45. The second kappa shape index (κ2) is 8.42. The van der Waals surface area contributed by atoms with Gasteiger partial charge < -0.3 is 24.3 Å². The number of rotatable bonds is 7. The highest BCUT2D eigenvalue weighted by Gasteiger charge is 2.34. The van der Waals surface area contributed by atoms with E-state index >= 15 is 0 Å². The van der Waals surface area contributed by atoms with Crippen molar-refractivity contribution in [3.05, 3.63) is 41.5 Å². The van der Waals surface area contributed by atoms with Crippen molar-refractivity contribution in [3.63, 3.8) is 0 Å². The van der Waals surface area contributed by atoms with Crippen molar-refractivity contribution in [2.75, 3.05) is 33.3 Å². The number of carbonyl (C=O) groups is 1. The summed E-state index contributed by atoms with van der Waals surface area (Å²) in [5.41, 5.74) is 2.47. The van der Waals surface area contributed by atoms with Gasteiger partial charge in [0.15, 0.2) is 11.5 Å². The molecule has 28 heavy (non-hydrogen) atoms. The number of nitrogens with one attached hydrogen (secondary N) is 1. The lowest BCUT2D eigenvalue weighted by molar-refractivity contribution is -0.116. The Morgan fingerprint density at radius 3 is 2.39 bits per heavy atom. The zero-order valence-electron chi connectivity index (χ0n) is 17.0. The molecule has 1 amide bonds. The first-order chi connectivity index (χ1) is 13.5. The molecule has 1 heterocycles. The number of amides is 1. The van der Waals surface area contributed by atoms with Crippen LogP contribution < -0.4 is 24.3 Å². The van der Waals surface area contributed by atoms with Gasteiger partial charge in [-0.05, 0) is 12.0 Å². The van der Waals surface area contributed by atoms with Crippen LogP contribution in [-0.2, 0) is 4.79 Å². The molecule has 0 radical (unpaired) electrons. The van der Waals surface area contributed by atoms with Crippen LogP contribution in [0.2, 0.25) is 0 Å². The lowest BCUT2D eigenvalue weighted by atomic mass is 9.83. The Morgan fingerprint density at radius 1 is 1.04 bits per heavy atom. The standard InChI is InChI=1S/C22H27NO5/c1-13(2)12-28-17-9-7-6-8-14(17)15-10-19(24)23-16-11-18(25-3)21(26-4)22(27-5)20(15)16/h6-9,11,13,15H,10,12H2,1-5H3,(H,23,24). The summed E-state index contributed by atoms with van der Waals surface area (Å²) in [6.07, 6.45) is 0.293. The van der Waals surface area contributed by atoms with E-state index in [0.717, 1.165) is 16.9 Å². The summed E-state index contributed by atoms with van der Waals surface area (Å²) in [6, 6.07) is 9.61. The zero-order valence-corrected chi connectivity index (χ0v) is 17.0. The SMILES string of the molecule is COc1cc2c(c(OC)c1OC)C(c1ccccc1OCC(C)C)CC(=O)N2. The van der Waals surface area contributed by atoms with Gasteiger partial charge >= 0.3 is 0 Å². The van der Waals surface area contributed by atoms with Crippen molar-refractivity contribution >= 4 is 11.6 Å². The van der Waals surface area contributed by atoms with E-state index in [1.54, 1.807) is 27.4 Å². The molecule has 1 aliphatic heterocycles. The highest BCUT2D eigenvalue weighted by Crippen LogP contribution is 2.52. The lowest BCUT2D eigenvalue weighted by Gasteiger charge is -2.30. The summed E-state index contributed by atoms with van der Waals surface area (Å²) in [6.45, 7) is 4.81. The number of anilines is 1. The Morgan fingerprint density at radius 2 is 1.75 bits per heavy atom. The third-order valence-corrected chi connectivity index (χ3v) is 4.75. The van der Waals surface area contributed by atoms with Crippen LogP contribution in [0.15, 0.2) is 30.3 Å². The quantitative estimate of drug-likeness (QED) is 0.773. The molecular formula is C22H27NO5. The molecule has 6 nitrogen and oxygen atoms in total. The fourth-order valence-electron chi connectivity index (χ4n) is 3.54. The van der Waals surface area contributed by atoms with E-state index in [1.807, 2.05) is 24.3 Å². The highest BCUT2D eigenvalue weighted by molar-refractivity contribution is 5.97. The molecule has 1 atom stereocenters. The van der Waals surface area contributed by atoms with E-state index in [0.29, 0.717) is 41.9 Å². The number of ether oxygens (including phenoxy) is 4. The number of carbonyl (C=O) groups excluding carboxylic acids is 1. The first kappa shape index (κ1) is 19.9. The Balaban J connectivity index is 2.17. The molecule has 0 aliphatic carbocycles. The summed E-state index contributed by atoms with van der Waals surface area (Å²) in [7, 11) is 4.72. The van der Waals surface area contributed by atoms with Gasteiger partial charge in [-0.3, -0.25) is 4.79 Å². The minimum Gasteiger partial charge on any atom is -0.493 e. The summed E-state index contributed by atoms with van der Waals surface area (Å²) >= 11 is 0. The smallest absolute Gasteiger partial charge is 0.225 e. The minimum absolute atomic E-state index is 0.0644. The van der Waals surface area contributed by atoms with Gasteiger partial charge in [0, 0.05) is 29.5 Å². The van der Waals surface area contributed by atoms with Crippen LogP contribution >= 0.6 is 0 Å². The molecular weight excluding hydrogens is 358 g/mol. The van der Waals surface area contributed by atoms with Crippen molar-refractivity contribution < 1.29 is 23.7 Å². The Hall–Kier alpha value is -2.89. The second-order valence-corrected chi connectivity index (χ2v) is 7.15. The number of benzene rings is 2. The van der Waals surface area contributed by atoms with Crippen LogP contribution in [0.5, 0.6) is 23.0 Å². The Labute approximate surface area is 165 Å². The Kier molecular flexibility index (Phi) is 5.97. The third kappa shape index (κ3) is 3.72. The largest absolute Gasteiger partial charge is 0.493 e. The van der Waals surface area contributed by atoms with E-state index in [9.17, 15) is 4.79 Å². The van der Waals surface area contributed by atoms with Crippen LogP contribution in [0, 0.1) is 5.92 Å². The summed E-state index contributed by atoms with van der Waals surface area (Å²) < 4.78 is 22.7. The van der Waals surface area contributed by atoms with Crippen LogP contribution in [0.4, 0.5) is 5.69 Å². The first-order valence-electron chi connectivity index (χ1n) is 9.34. The third-order valence-electron chi connectivity index (χ3n) is 4.75. The molecule has 0 spiro atoms.